The third-order valence-electron chi connectivity index (χ3n) is 1.06. The van der Waals surface area contributed by atoms with Gasteiger partial charge in [-0.05, 0) is 17.7 Å². The van der Waals surface area contributed by atoms with Crippen LogP contribution in [0, 0.1) is 0 Å². The minimum atomic E-state index is -0.429. The standard InChI is InChI=1S/C7H8N2O.C2H6/c8-7(10)2-1-6-3-4-9-5-6;1-2/h1-5,9H,(H2,8,10);1-2H3/b2-1+;. The first-order valence-corrected chi connectivity index (χ1v) is 3.89. The summed E-state index contributed by atoms with van der Waals surface area (Å²) in [4.78, 5) is 13.1. The molecule has 3 heteroatoms. The number of H-pyrrole nitrogens is 1. The van der Waals surface area contributed by atoms with Crippen LogP contribution in [-0.2, 0) is 4.79 Å². The predicted octanol–water partition coefficient (Wildman–Crippen LogP) is 1.54. The summed E-state index contributed by atoms with van der Waals surface area (Å²) >= 11 is 0. The maximum Gasteiger partial charge on any atom is 0.241 e. The first-order valence-electron chi connectivity index (χ1n) is 3.89. The molecule has 0 atom stereocenters. The fraction of sp³-hybridized carbons (Fsp3) is 0.222. The Labute approximate surface area is 72.3 Å². The predicted molar refractivity (Wildman–Crippen MR) is 50.4 cm³/mol. The number of rotatable bonds is 2. The average molecular weight is 166 g/mol. The van der Waals surface area contributed by atoms with Gasteiger partial charge in [0.05, 0.1) is 0 Å². The SMILES string of the molecule is CC.NC(=O)/C=C/c1cc[nH]c1. The highest BCUT2D eigenvalue weighted by Crippen LogP contribution is 1.97. The van der Waals surface area contributed by atoms with Crippen LogP contribution in [0.1, 0.15) is 19.4 Å². The van der Waals surface area contributed by atoms with Gasteiger partial charge in [-0.25, -0.2) is 0 Å². The quantitative estimate of drug-likeness (QED) is 0.643. The van der Waals surface area contributed by atoms with E-state index in [1.807, 2.05) is 19.9 Å². The van der Waals surface area contributed by atoms with E-state index in [-0.39, 0.29) is 0 Å². The Hall–Kier alpha value is -1.51. The van der Waals surface area contributed by atoms with Gasteiger partial charge in [0.25, 0.3) is 0 Å². The summed E-state index contributed by atoms with van der Waals surface area (Å²) in [6.45, 7) is 4.00. The molecule has 0 fully saturated rings. The smallest absolute Gasteiger partial charge is 0.241 e. The maximum atomic E-state index is 10.2. The van der Waals surface area contributed by atoms with Crippen LogP contribution >= 0.6 is 0 Å². The zero-order valence-electron chi connectivity index (χ0n) is 7.37. The third-order valence-corrected chi connectivity index (χ3v) is 1.06. The van der Waals surface area contributed by atoms with E-state index in [4.69, 9.17) is 5.73 Å². The lowest BCUT2D eigenvalue weighted by molar-refractivity contribution is -0.113. The van der Waals surface area contributed by atoms with Gasteiger partial charge in [-0.15, -0.1) is 0 Å². The number of primary amides is 1. The molecule has 1 heterocycles. The van der Waals surface area contributed by atoms with Gasteiger partial charge in [0.1, 0.15) is 0 Å². The molecule has 3 N–H and O–H groups in total. The summed E-state index contributed by atoms with van der Waals surface area (Å²) in [5.41, 5.74) is 5.82. The molecule has 0 aromatic carbocycles. The number of carbonyl (C=O) groups is 1. The molecule has 0 bridgehead atoms. The molecule has 1 amide bonds. The molecule has 0 unspecified atom stereocenters. The number of nitrogens with one attached hydrogen (secondary N) is 1. The van der Waals surface area contributed by atoms with Crippen molar-refractivity contribution >= 4 is 12.0 Å². The normalized spacial score (nSPS) is 9.17. The number of aromatic amines is 1. The minimum absolute atomic E-state index is 0.429. The van der Waals surface area contributed by atoms with Crippen LogP contribution in [0.2, 0.25) is 0 Å². The lowest BCUT2D eigenvalue weighted by Crippen LogP contribution is -2.04. The summed E-state index contributed by atoms with van der Waals surface area (Å²) in [5.74, 6) is -0.429. The lowest BCUT2D eigenvalue weighted by Gasteiger charge is -1.79. The largest absolute Gasteiger partial charge is 0.367 e. The third kappa shape index (κ3) is 4.33. The van der Waals surface area contributed by atoms with Crippen molar-refractivity contribution in [3.8, 4) is 0 Å². The topological polar surface area (TPSA) is 58.9 Å². The number of nitrogens with two attached hydrogens (primary N) is 1. The molecular formula is C9H14N2O. The highest BCUT2D eigenvalue weighted by molar-refractivity contribution is 5.90. The van der Waals surface area contributed by atoms with E-state index in [0.29, 0.717) is 0 Å². The Morgan fingerprint density at radius 2 is 2.25 bits per heavy atom. The van der Waals surface area contributed by atoms with E-state index < -0.39 is 5.91 Å². The van der Waals surface area contributed by atoms with Crippen LogP contribution in [0.5, 0.6) is 0 Å². The Morgan fingerprint density at radius 1 is 1.58 bits per heavy atom. The van der Waals surface area contributed by atoms with Gasteiger partial charge in [-0.2, -0.15) is 0 Å². The molecule has 0 aliphatic rings. The van der Waals surface area contributed by atoms with Gasteiger partial charge in [-0.1, -0.05) is 13.8 Å². The maximum absolute atomic E-state index is 10.2. The van der Waals surface area contributed by atoms with Crippen LogP contribution in [0.3, 0.4) is 0 Å². The summed E-state index contributed by atoms with van der Waals surface area (Å²) in [5, 5.41) is 0. The molecular weight excluding hydrogens is 152 g/mol. The van der Waals surface area contributed by atoms with Crippen molar-refractivity contribution in [2.24, 2.45) is 5.73 Å². The van der Waals surface area contributed by atoms with Crippen LogP contribution in [-0.4, -0.2) is 10.9 Å². The van der Waals surface area contributed by atoms with E-state index in [9.17, 15) is 4.79 Å². The van der Waals surface area contributed by atoms with E-state index in [1.54, 1.807) is 18.5 Å². The van der Waals surface area contributed by atoms with Crippen LogP contribution < -0.4 is 5.73 Å². The average Bonchev–Trinajstić information content (AvgIpc) is 2.56. The molecule has 0 aliphatic carbocycles. The molecule has 0 saturated carbocycles. The van der Waals surface area contributed by atoms with Gasteiger partial charge in [-0.3, -0.25) is 4.79 Å². The molecule has 1 aromatic rings. The second-order valence-electron chi connectivity index (χ2n) is 1.88. The van der Waals surface area contributed by atoms with Crippen LogP contribution in [0.15, 0.2) is 24.5 Å². The number of hydrogen-bond donors (Lipinski definition) is 2. The molecule has 12 heavy (non-hydrogen) atoms. The van der Waals surface area contributed by atoms with E-state index in [2.05, 4.69) is 4.98 Å². The van der Waals surface area contributed by atoms with Crippen molar-refractivity contribution in [1.82, 2.24) is 4.98 Å². The molecule has 3 nitrogen and oxygen atoms in total. The molecule has 0 aliphatic heterocycles. The molecule has 0 saturated heterocycles. The molecule has 1 aromatic heterocycles. The van der Waals surface area contributed by atoms with E-state index in [0.717, 1.165) is 5.56 Å². The van der Waals surface area contributed by atoms with Crippen molar-refractivity contribution < 1.29 is 4.79 Å². The first-order chi connectivity index (χ1) is 5.79. The van der Waals surface area contributed by atoms with Crippen LogP contribution in [0.25, 0.3) is 6.08 Å². The molecule has 0 spiro atoms. The van der Waals surface area contributed by atoms with Gasteiger partial charge in [0.15, 0.2) is 0 Å². The minimum Gasteiger partial charge on any atom is -0.367 e. The van der Waals surface area contributed by atoms with Gasteiger partial charge < -0.3 is 10.7 Å². The Balaban J connectivity index is 0.000000561. The summed E-state index contributed by atoms with van der Waals surface area (Å²) in [6.07, 6.45) is 6.53. The summed E-state index contributed by atoms with van der Waals surface area (Å²) in [7, 11) is 0. The highest BCUT2D eigenvalue weighted by atomic mass is 16.1. The van der Waals surface area contributed by atoms with Crippen molar-refractivity contribution in [2.45, 2.75) is 13.8 Å². The second-order valence-corrected chi connectivity index (χ2v) is 1.88. The zero-order valence-corrected chi connectivity index (χ0v) is 7.37. The van der Waals surface area contributed by atoms with Gasteiger partial charge >= 0.3 is 0 Å². The molecule has 1 rings (SSSR count). The van der Waals surface area contributed by atoms with Gasteiger partial charge in [0, 0.05) is 18.5 Å². The first kappa shape index (κ1) is 10.5. The second kappa shape index (κ2) is 6.22. The molecule has 66 valence electrons. The van der Waals surface area contributed by atoms with Gasteiger partial charge in [0.2, 0.25) is 5.91 Å². The Bertz CT molecular complexity index is 237. The number of carbonyl (C=O) groups excluding carboxylic acids is 1. The Kier molecular flexibility index (Phi) is 5.43. The highest BCUT2D eigenvalue weighted by Gasteiger charge is 1.85. The fourth-order valence-corrected chi connectivity index (χ4v) is 0.619. The van der Waals surface area contributed by atoms with E-state index >= 15 is 0 Å². The van der Waals surface area contributed by atoms with Crippen molar-refractivity contribution in [1.29, 1.82) is 0 Å². The van der Waals surface area contributed by atoms with Crippen molar-refractivity contribution in [3.63, 3.8) is 0 Å². The summed E-state index contributed by atoms with van der Waals surface area (Å²) in [6, 6.07) is 1.85. The van der Waals surface area contributed by atoms with Crippen LogP contribution in [0.4, 0.5) is 0 Å². The molecule has 0 radical (unpaired) electrons. The zero-order chi connectivity index (χ0) is 9.40. The lowest BCUT2D eigenvalue weighted by atomic mass is 10.3. The number of aromatic nitrogens is 1. The fourth-order valence-electron chi connectivity index (χ4n) is 0.619. The number of amides is 1. The monoisotopic (exact) mass is 166 g/mol. The van der Waals surface area contributed by atoms with Crippen molar-refractivity contribution in [3.05, 3.63) is 30.1 Å². The number of hydrogen-bond acceptors (Lipinski definition) is 1. The van der Waals surface area contributed by atoms with E-state index in [1.165, 1.54) is 6.08 Å². The van der Waals surface area contributed by atoms with Crippen molar-refractivity contribution in [2.75, 3.05) is 0 Å². The summed E-state index contributed by atoms with van der Waals surface area (Å²) < 4.78 is 0. The Morgan fingerprint density at radius 3 is 2.67 bits per heavy atom.